The number of hydrogen-bond acceptors (Lipinski definition) is 3. The number of nitrogen functional groups attached to an aromatic ring is 1. The molecule has 2 N–H and O–H groups in total. The molecule has 17 heavy (non-hydrogen) atoms. The van der Waals surface area contributed by atoms with E-state index in [4.69, 9.17) is 17.3 Å². The zero-order chi connectivity index (χ0) is 13.2. The average Bonchev–Trinajstić information content (AvgIpc) is 2.30. The normalized spacial score (nSPS) is 11.4. The van der Waals surface area contributed by atoms with Crippen molar-refractivity contribution < 1.29 is 4.79 Å². The number of rotatable bonds is 3. The number of amides is 1. The summed E-state index contributed by atoms with van der Waals surface area (Å²) >= 11 is 5.96. The minimum absolute atomic E-state index is 0.204. The highest BCUT2D eigenvalue weighted by Crippen LogP contribution is 2.22. The monoisotopic (exact) mass is 255 g/mol. The second-order valence-corrected chi connectivity index (χ2v) is 5.00. The molecule has 1 rings (SSSR count). The Morgan fingerprint density at radius 2 is 2.12 bits per heavy atom. The second kappa shape index (κ2) is 4.92. The van der Waals surface area contributed by atoms with Crippen LogP contribution >= 0.6 is 11.6 Å². The van der Waals surface area contributed by atoms with Crippen molar-refractivity contribution in [3.63, 3.8) is 0 Å². The quantitative estimate of drug-likeness (QED) is 0.903. The number of carbonyl (C=O) groups excluding carboxylic acids is 1. The van der Waals surface area contributed by atoms with E-state index >= 15 is 0 Å². The minimum Gasteiger partial charge on any atom is -0.384 e. The van der Waals surface area contributed by atoms with E-state index in [-0.39, 0.29) is 17.1 Å². The van der Waals surface area contributed by atoms with Gasteiger partial charge in [0.05, 0.1) is 5.02 Å². The number of pyridine rings is 1. The van der Waals surface area contributed by atoms with Crippen molar-refractivity contribution in [3.8, 4) is 0 Å². The number of hydrogen-bond donors (Lipinski definition) is 1. The van der Waals surface area contributed by atoms with Crippen molar-refractivity contribution in [1.29, 1.82) is 0 Å². The molecule has 1 aromatic heterocycles. The zero-order valence-electron chi connectivity index (χ0n) is 10.6. The summed E-state index contributed by atoms with van der Waals surface area (Å²) in [5, 5.41) is 0.322. The Morgan fingerprint density at radius 1 is 1.53 bits per heavy atom. The van der Waals surface area contributed by atoms with E-state index in [1.54, 1.807) is 24.1 Å². The van der Waals surface area contributed by atoms with Crippen molar-refractivity contribution in [2.45, 2.75) is 32.7 Å². The summed E-state index contributed by atoms with van der Waals surface area (Å²) < 4.78 is 0. The van der Waals surface area contributed by atoms with Crippen LogP contribution in [0.25, 0.3) is 0 Å². The van der Waals surface area contributed by atoms with Gasteiger partial charge in [-0.1, -0.05) is 18.5 Å². The molecule has 0 atom stereocenters. The molecule has 0 fully saturated rings. The molecule has 0 aliphatic heterocycles. The molecule has 4 nitrogen and oxygen atoms in total. The molecule has 1 heterocycles. The minimum atomic E-state index is -0.243. The van der Waals surface area contributed by atoms with Crippen LogP contribution in [0.4, 0.5) is 5.82 Å². The third-order valence-corrected chi connectivity index (χ3v) is 3.45. The molecule has 0 aliphatic rings. The largest absolute Gasteiger partial charge is 0.384 e. The van der Waals surface area contributed by atoms with Crippen LogP contribution in [-0.4, -0.2) is 28.4 Å². The topological polar surface area (TPSA) is 59.2 Å². The van der Waals surface area contributed by atoms with Gasteiger partial charge in [-0.2, -0.15) is 0 Å². The van der Waals surface area contributed by atoms with Crippen LogP contribution in [0.1, 0.15) is 37.7 Å². The lowest BCUT2D eigenvalue weighted by molar-refractivity contribution is 0.0614. The maximum atomic E-state index is 12.2. The van der Waals surface area contributed by atoms with Crippen LogP contribution in [0.15, 0.2) is 12.1 Å². The van der Waals surface area contributed by atoms with Crippen molar-refractivity contribution in [1.82, 2.24) is 9.88 Å². The van der Waals surface area contributed by atoms with Gasteiger partial charge in [0.15, 0.2) is 0 Å². The van der Waals surface area contributed by atoms with Crippen LogP contribution in [-0.2, 0) is 0 Å². The van der Waals surface area contributed by atoms with Gasteiger partial charge in [0, 0.05) is 12.6 Å². The molecular formula is C12H18ClN3O. The summed E-state index contributed by atoms with van der Waals surface area (Å²) in [6.45, 7) is 6.01. The zero-order valence-corrected chi connectivity index (χ0v) is 11.4. The highest BCUT2D eigenvalue weighted by atomic mass is 35.5. The third-order valence-electron chi connectivity index (χ3n) is 3.15. The fourth-order valence-corrected chi connectivity index (χ4v) is 1.46. The number of anilines is 1. The lowest BCUT2D eigenvalue weighted by atomic mass is 9.99. The van der Waals surface area contributed by atoms with Gasteiger partial charge in [0.2, 0.25) is 0 Å². The number of nitrogens with zero attached hydrogens (tertiary/aromatic N) is 2. The lowest BCUT2D eigenvalue weighted by Gasteiger charge is -2.34. The van der Waals surface area contributed by atoms with Crippen molar-refractivity contribution in [2.75, 3.05) is 12.8 Å². The number of aromatic nitrogens is 1. The smallest absolute Gasteiger partial charge is 0.274 e. The maximum Gasteiger partial charge on any atom is 0.274 e. The Hall–Kier alpha value is -1.29. The SMILES string of the molecule is CCC(C)(C)N(C)C(=O)c1nc(N)ccc1Cl. The molecule has 5 heteroatoms. The molecule has 0 aromatic carbocycles. The average molecular weight is 256 g/mol. The van der Waals surface area contributed by atoms with Crippen LogP contribution < -0.4 is 5.73 Å². The number of nitrogens with two attached hydrogens (primary N) is 1. The molecule has 0 radical (unpaired) electrons. The number of halogens is 1. The summed E-state index contributed by atoms with van der Waals surface area (Å²) in [6, 6.07) is 3.16. The van der Waals surface area contributed by atoms with Gasteiger partial charge >= 0.3 is 0 Å². The Kier molecular flexibility index (Phi) is 3.98. The van der Waals surface area contributed by atoms with Gasteiger partial charge in [-0.05, 0) is 32.4 Å². The van der Waals surface area contributed by atoms with Gasteiger partial charge in [0.1, 0.15) is 11.5 Å². The third kappa shape index (κ3) is 2.88. The van der Waals surface area contributed by atoms with E-state index in [0.717, 1.165) is 6.42 Å². The molecule has 0 bridgehead atoms. The summed E-state index contributed by atoms with van der Waals surface area (Å²) in [6.07, 6.45) is 0.842. The standard InChI is InChI=1S/C12H18ClN3O/c1-5-12(2,3)16(4)11(17)10-8(13)6-7-9(14)15-10/h6-7H,5H2,1-4H3,(H2,14,15). The van der Waals surface area contributed by atoms with Crippen molar-refractivity contribution in [2.24, 2.45) is 0 Å². The van der Waals surface area contributed by atoms with Gasteiger partial charge < -0.3 is 10.6 Å². The Labute approximate surface area is 107 Å². The highest BCUT2D eigenvalue weighted by molar-refractivity contribution is 6.33. The lowest BCUT2D eigenvalue weighted by Crippen LogP contribution is -2.44. The molecule has 0 saturated heterocycles. The predicted octanol–water partition coefficient (Wildman–Crippen LogP) is 2.58. The number of carbonyl (C=O) groups is 1. The first kappa shape index (κ1) is 13.8. The molecule has 0 saturated carbocycles. The summed E-state index contributed by atoms with van der Waals surface area (Å²) in [4.78, 5) is 17.9. The van der Waals surface area contributed by atoms with E-state index in [0.29, 0.717) is 10.8 Å². The molecular weight excluding hydrogens is 238 g/mol. The van der Waals surface area contributed by atoms with Crippen LogP contribution in [0.5, 0.6) is 0 Å². The van der Waals surface area contributed by atoms with Gasteiger partial charge in [-0.3, -0.25) is 4.79 Å². The van der Waals surface area contributed by atoms with Crippen LogP contribution in [0.3, 0.4) is 0 Å². The molecule has 0 aliphatic carbocycles. The Morgan fingerprint density at radius 3 is 2.65 bits per heavy atom. The van der Waals surface area contributed by atoms with Gasteiger partial charge in [0.25, 0.3) is 5.91 Å². The predicted molar refractivity (Wildman–Crippen MR) is 70.1 cm³/mol. The van der Waals surface area contributed by atoms with Crippen LogP contribution in [0, 0.1) is 0 Å². The van der Waals surface area contributed by atoms with E-state index in [2.05, 4.69) is 4.98 Å². The maximum absolute atomic E-state index is 12.2. The van der Waals surface area contributed by atoms with Crippen LogP contribution in [0.2, 0.25) is 5.02 Å². The molecule has 0 unspecified atom stereocenters. The van der Waals surface area contributed by atoms with E-state index in [9.17, 15) is 4.79 Å². The first-order valence-corrected chi connectivity index (χ1v) is 5.87. The summed E-state index contributed by atoms with van der Waals surface area (Å²) in [5.41, 5.74) is 5.53. The highest BCUT2D eigenvalue weighted by Gasteiger charge is 2.28. The Bertz CT molecular complexity index is 432. The first-order chi connectivity index (χ1) is 7.79. The van der Waals surface area contributed by atoms with E-state index in [1.807, 2.05) is 20.8 Å². The van der Waals surface area contributed by atoms with E-state index in [1.165, 1.54) is 0 Å². The van der Waals surface area contributed by atoms with Crippen molar-refractivity contribution in [3.05, 3.63) is 22.8 Å². The summed E-state index contributed by atoms with van der Waals surface area (Å²) in [7, 11) is 1.74. The second-order valence-electron chi connectivity index (χ2n) is 4.60. The summed E-state index contributed by atoms with van der Waals surface area (Å²) in [5.74, 6) is 0.0783. The van der Waals surface area contributed by atoms with Gasteiger partial charge in [-0.25, -0.2) is 4.98 Å². The fraction of sp³-hybridized carbons (Fsp3) is 0.500. The first-order valence-electron chi connectivity index (χ1n) is 5.49. The van der Waals surface area contributed by atoms with E-state index < -0.39 is 0 Å². The molecule has 0 spiro atoms. The molecule has 1 aromatic rings. The van der Waals surface area contributed by atoms with Gasteiger partial charge in [-0.15, -0.1) is 0 Å². The Balaban J connectivity index is 3.08. The molecule has 94 valence electrons. The molecule has 1 amide bonds. The van der Waals surface area contributed by atoms with Crippen molar-refractivity contribution >= 4 is 23.3 Å². The fourth-order valence-electron chi connectivity index (χ4n) is 1.28.